The monoisotopic (exact) mass is 395 g/mol. The Morgan fingerprint density at radius 3 is 2.54 bits per heavy atom. The molecule has 0 aromatic carbocycles. The molecule has 0 amide bonds. The van der Waals surface area contributed by atoms with Gasteiger partial charge in [0.15, 0.2) is 0 Å². The topological polar surface area (TPSA) is 89.7 Å². The third-order valence-electron chi connectivity index (χ3n) is 6.16. The smallest absolute Gasteiger partial charge is 0.320 e. The number of esters is 1. The van der Waals surface area contributed by atoms with Crippen LogP contribution < -0.4 is 5.32 Å². The maximum Gasteiger partial charge on any atom is 0.320 e. The van der Waals surface area contributed by atoms with Crippen molar-refractivity contribution in [1.29, 1.82) is 0 Å². The number of methoxy groups -OCH3 is 1. The summed E-state index contributed by atoms with van der Waals surface area (Å²) in [5.74, 6) is -0.380. The highest BCUT2D eigenvalue weighted by Gasteiger charge is 2.72. The van der Waals surface area contributed by atoms with Crippen molar-refractivity contribution in [2.24, 2.45) is 5.92 Å². The summed E-state index contributed by atoms with van der Waals surface area (Å²) in [6.45, 7) is 8.63. The van der Waals surface area contributed by atoms with Crippen LogP contribution in [0.5, 0.6) is 0 Å². The second kappa shape index (κ2) is 8.22. The molecule has 1 spiro atoms. The Hall–Kier alpha value is -1.28. The largest absolute Gasteiger partial charge is 0.459 e. The van der Waals surface area contributed by atoms with Gasteiger partial charge in [0.1, 0.15) is 29.2 Å². The molecule has 28 heavy (non-hydrogen) atoms. The molecule has 0 bridgehead atoms. The molecule has 0 aromatic rings. The van der Waals surface area contributed by atoms with Crippen LogP contribution in [0.1, 0.15) is 47.0 Å². The van der Waals surface area contributed by atoms with Crippen LogP contribution in [-0.2, 0) is 28.5 Å². The fraction of sp³-hybridized carbons (Fsp3) is 0.810. The summed E-state index contributed by atoms with van der Waals surface area (Å²) in [6, 6.07) is 0. The number of nitrogens with one attached hydrogen (secondary N) is 1. The van der Waals surface area contributed by atoms with Gasteiger partial charge >= 0.3 is 5.97 Å². The summed E-state index contributed by atoms with van der Waals surface area (Å²) in [5.41, 5.74) is 0.693. The van der Waals surface area contributed by atoms with E-state index in [0.29, 0.717) is 13.0 Å². The Labute approximate surface area is 167 Å². The van der Waals surface area contributed by atoms with Gasteiger partial charge in [0.25, 0.3) is 0 Å². The summed E-state index contributed by atoms with van der Waals surface area (Å²) < 4.78 is 23.6. The van der Waals surface area contributed by atoms with Gasteiger partial charge in [0.2, 0.25) is 0 Å². The average molecular weight is 395 g/mol. The Morgan fingerprint density at radius 2 is 1.96 bits per heavy atom. The molecule has 0 radical (unpaired) electrons. The van der Waals surface area contributed by atoms with Crippen LogP contribution in [0.4, 0.5) is 0 Å². The highest BCUT2D eigenvalue weighted by molar-refractivity contribution is 5.78. The maximum absolute atomic E-state index is 12.2. The minimum absolute atomic E-state index is 0.00971. The fourth-order valence-corrected chi connectivity index (χ4v) is 4.62. The standard InChI is InChI=1S/C21H33NO6/c1-13(2)6-7-16-20(4,28-16)19-18(25-5)15(8-9-21(19)12-26-21)27-17(24)11-22-10-14(3)23/h6,15-16,18-19,22H,7-12H2,1-5H3/t15-,16?,18-,19-,20+,21+/m1/s1. The summed E-state index contributed by atoms with van der Waals surface area (Å²) in [6.07, 6.45) is 4.07. The predicted octanol–water partition coefficient (Wildman–Crippen LogP) is 1.78. The molecule has 2 aliphatic heterocycles. The van der Waals surface area contributed by atoms with Gasteiger partial charge in [-0.1, -0.05) is 11.6 Å². The van der Waals surface area contributed by atoms with Crippen molar-refractivity contribution in [3.8, 4) is 0 Å². The lowest BCUT2D eigenvalue weighted by Crippen LogP contribution is -2.56. The highest BCUT2D eigenvalue weighted by atomic mass is 16.6. The Kier molecular flexibility index (Phi) is 6.29. The van der Waals surface area contributed by atoms with E-state index >= 15 is 0 Å². The third kappa shape index (κ3) is 4.48. The van der Waals surface area contributed by atoms with E-state index in [0.717, 1.165) is 12.8 Å². The molecule has 1 aliphatic carbocycles. The first-order valence-electron chi connectivity index (χ1n) is 10.1. The molecule has 6 atom stereocenters. The minimum Gasteiger partial charge on any atom is -0.459 e. The van der Waals surface area contributed by atoms with Crippen LogP contribution in [0.25, 0.3) is 0 Å². The van der Waals surface area contributed by atoms with E-state index in [9.17, 15) is 9.59 Å². The maximum atomic E-state index is 12.2. The van der Waals surface area contributed by atoms with E-state index in [-0.39, 0.29) is 60.3 Å². The first kappa shape index (κ1) is 21.4. The summed E-state index contributed by atoms with van der Waals surface area (Å²) in [7, 11) is 1.66. The lowest BCUT2D eigenvalue weighted by Gasteiger charge is -2.42. The number of rotatable bonds is 9. The lowest BCUT2D eigenvalue weighted by atomic mass is 9.68. The van der Waals surface area contributed by atoms with E-state index in [1.54, 1.807) is 7.11 Å². The molecule has 3 fully saturated rings. The van der Waals surface area contributed by atoms with Crippen molar-refractivity contribution in [2.75, 3.05) is 26.8 Å². The molecule has 3 rings (SSSR count). The van der Waals surface area contributed by atoms with Gasteiger partial charge in [-0.25, -0.2) is 0 Å². The molecule has 0 aromatic heterocycles. The van der Waals surface area contributed by atoms with Crippen LogP contribution in [0.2, 0.25) is 0 Å². The molecule has 1 saturated carbocycles. The Balaban J connectivity index is 1.66. The van der Waals surface area contributed by atoms with Gasteiger partial charge in [-0.2, -0.15) is 0 Å². The number of hydrogen-bond donors (Lipinski definition) is 1. The molecule has 3 aliphatic rings. The first-order chi connectivity index (χ1) is 13.2. The van der Waals surface area contributed by atoms with E-state index < -0.39 is 0 Å². The van der Waals surface area contributed by atoms with Crippen molar-refractivity contribution in [1.82, 2.24) is 5.32 Å². The van der Waals surface area contributed by atoms with E-state index in [4.69, 9.17) is 18.9 Å². The third-order valence-corrected chi connectivity index (χ3v) is 6.16. The summed E-state index contributed by atoms with van der Waals surface area (Å²) >= 11 is 0. The molecule has 1 N–H and O–H groups in total. The quantitative estimate of drug-likeness (QED) is 0.362. The zero-order valence-corrected chi connectivity index (χ0v) is 17.6. The summed E-state index contributed by atoms with van der Waals surface area (Å²) in [4.78, 5) is 23.2. The second-order valence-corrected chi connectivity index (χ2v) is 8.71. The van der Waals surface area contributed by atoms with Crippen LogP contribution >= 0.6 is 0 Å². The number of hydrogen-bond acceptors (Lipinski definition) is 7. The van der Waals surface area contributed by atoms with Crippen molar-refractivity contribution in [3.05, 3.63) is 11.6 Å². The molecule has 7 nitrogen and oxygen atoms in total. The van der Waals surface area contributed by atoms with Gasteiger partial charge in [-0.15, -0.1) is 0 Å². The predicted molar refractivity (Wildman–Crippen MR) is 103 cm³/mol. The van der Waals surface area contributed by atoms with E-state index in [1.807, 2.05) is 0 Å². The van der Waals surface area contributed by atoms with Crippen LogP contribution in [-0.4, -0.2) is 68.1 Å². The number of carbonyl (C=O) groups excluding carboxylic acids is 2. The number of Topliss-reactive ketones (excluding diaryl/α,β-unsaturated/α-hetero) is 1. The van der Waals surface area contributed by atoms with Gasteiger partial charge in [0.05, 0.1) is 31.7 Å². The zero-order chi connectivity index (χ0) is 20.5. The Morgan fingerprint density at radius 1 is 1.25 bits per heavy atom. The highest BCUT2D eigenvalue weighted by Crippen LogP contribution is 2.59. The molecular formula is C21H33NO6. The number of ketones is 1. The number of carbonyl (C=O) groups is 2. The van der Waals surface area contributed by atoms with Crippen LogP contribution in [0.15, 0.2) is 11.6 Å². The Bertz CT molecular complexity index is 639. The molecule has 2 heterocycles. The van der Waals surface area contributed by atoms with Crippen LogP contribution in [0.3, 0.4) is 0 Å². The number of epoxide rings is 2. The van der Waals surface area contributed by atoms with Gasteiger partial charge in [-0.3, -0.25) is 9.59 Å². The van der Waals surface area contributed by atoms with Gasteiger partial charge < -0.3 is 24.3 Å². The molecule has 7 heteroatoms. The van der Waals surface area contributed by atoms with Crippen LogP contribution in [0, 0.1) is 5.92 Å². The van der Waals surface area contributed by atoms with Crippen molar-refractivity contribution < 1.29 is 28.5 Å². The van der Waals surface area contributed by atoms with Crippen molar-refractivity contribution in [3.63, 3.8) is 0 Å². The first-order valence-corrected chi connectivity index (χ1v) is 10.1. The van der Waals surface area contributed by atoms with E-state index in [1.165, 1.54) is 12.5 Å². The zero-order valence-electron chi connectivity index (χ0n) is 17.6. The SMILES string of the molecule is CO[C@@H]1[C@H](OC(=O)CNCC(C)=O)CC[C@]2(CO2)[C@H]1[C@@]1(C)OC1CC=C(C)C. The average Bonchev–Trinajstić information content (AvgIpc) is 3.52. The van der Waals surface area contributed by atoms with Crippen molar-refractivity contribution >= 4 is 11.8 Å². The van der Waals surface area contributed by atoms with E-state index in [2.05, 4.69) is 32.2 Å². The number of allylic oxidation sites excluding steroid dienone is 1. The molecule has 158 valence electrons. The molecular weight excluding hydrogens is 362 g/mol. The summed E-state index contributed by atoms with van der Waals surface area (Å²) in [5, 5.41) is 2.80. The lowest BCUT2D eigenvalue weighted by molar-refractivity contribution is -0.170. The molecule has 2 saturated heterocycles. The fourth-order valence-electron chi connectivity index (χ4n) is 4.62. The normalized spacial score (nSPS) is 38.8. The van der Waals surface area contributed by atoms with Gasteiger partial charge in [-0.05, 0) is 47.0 Å². The number of ether oxygens (including phenoxy) is 4. The second-order valence-electron chi connectivity index (χ2n) is 8.71. The molecule has 1 unspecified atom stereocenters. The van der Waals surface area contributed by atoms with Crippen molar-refractivity contribution in [2.45, 2.75) is 76.5 Å². The van der Waals surface area contributed by atoms with Gasteiger partial charge in [0, 0.05) is 7.11 Å². The minimum atomic E-state index is -0.373.